The highest BCUT2D eigenvalue weighted by Crippen LogP contribution is 2.30. The zero-order valence-electron chi connectivity index (χ0n) is 11.0. The average molecular weight is 336 g/mol. The second kappa shape index (κ2) is 6.02. The Hall–Kier alpha value is -0.620. The van der Waals surface area contributed by atoms with Gasteiger partial charge in [-0.15, -0.1) is 0 Å². The van der Waals surface area contributed by atoms with E-state index in [4.69, 9.17) is 23.2 Å². The van der Waals surface area contributed by atoms with E-state index in [0.717, 1.165) is 0 Å². The number of benzene rings is 1. The van der Waals surface area contributed by atoms with Crippen molar-refractivity contribution in [3.63, 3.8) is 0 Å². The van der Waals surface area contributed by atoms with Gasteiger partial charge in [-0.25, -0.2) is 8.42 Å². The van der Waals surface area contributed by atoms with Gasteiger partial charge in [-0.2, -0.15) is 4.31 Å². The maximum absolute atomic E-state index is 12.6. The standard InChI is InChI=1S/C13H15Cl2NO3S/c1-2-9-8-16(6-5-12(9)17)20(18,19)13-7-10(14)3-4-11(13)15/h3-4,7,9H,2,5-6,8H2,1H3. The van der Waals surface area contributed by atoms with Crippen LogP contribution in [0.1, 0.15) is 19.8 Å². The molecule has 1 aliphatic heterocycles. The summed E-state index contributed by atoms with van der Waals surface area (Å²) in [7, 11) is -3.72. The van der Waals surface area contributed by atoms with Gasteiger partial charge in [-0.1, -0.05) is 30.1 Å². The predicted octanol–water partition coefficient (Wildman–Crippen LogP) is 2.98. The van der Waals surface area contributed by atoms with Gasteiger partial charge < -0.3 is 0 Å². The Bertz CT molecular complexity index is 631. The lowest BCUT2D eigenvalue weighted by Crippen LogP contribution is -2.43. The monoisotopic (exact) mass is 335 g/mol. The van der Waals surface area contributed by atoms with E-state index in [1.54, 1.807) is 0 Å². The van der Waals surface area contributed by atoms with Crippen LogP contribution < -0.4 is 0 Å². The molecule has 2 rings (SSSR count). The lowest BCUT2D eigenvalue weighted by Gasteiger charge is -2.30. The minimum Gasteiger partial charge on any atom is -0.299 e. The molecule has 0 aromatic heterocycles. The Morgan fingerprint density at radius 3 is 2.70 bits per heavy atom. The Balaban J connectivity index is 2.35. The fraction of sp³-hybridized carbons (Fsp3) is 0.462. The van der Waals surface area contributed by atoms with E-state index >= 15 is 0 Å². The van der Waals surface area contributed by atoms with Gasteiger partial charge in [0.05, 0.1) is 5.02 Å². The van der Waals surface area contributed by atoms with Crippen LogP contribution in [0.25, 0.3) is 0 Å². The molecule has 1 unspecified atom stereocenters. The van der Waals surface area contributed by atoms with Crippen LogP contribution >= 0.6 is 23.2 Å². The average Bonchev–Trinajstić information content (AvgIpc) is 2.41. The molecule has 7 heteroatoms. The van der Waals surface area contributed by atoms with Gasteiger partial charge in [-0.05, 0) is 24.6 Å². The van der Waals surface area contributed by atoms with E-state index in [1.807, 2.05) is 6.92 Å². The third kappa shape index (κ3) is 3.01. The fourth-order valence-corrected chi connectivity index (χ4v) is 4.49. The van der Waals surface area contributed by atoms with Crippen LogP contribution in [0.5, 0.6) is 0 Å². The molecule has 0 spiro atoms. The van der Waals surface area contributed by atoms with Crippen LogP contribution in [0, 0.1) is 5.92 Å². The number of Topliss-reactive ketones (excluding diaryl/α,β-unsaturated/α-hetero) is 1. The molecule has 1 aromatic rings. The number of rotatable bonds is 3. The molecule has 1 saturated heterocycles. The van der Waals surface area contributed by atoms with Crippen molar-refractivity contribution >= 4 is 39.0 Å². The molecule has 1 aliphatic rings. The molecule has 0 amide bonds. The van der Waals surface area contributed by atoms with Crippen LogP contribution in [-0.4, -0.2) is 31.6 Å². The van der Waals surface area contributed by atoms with Crippen LogP contribution in [0.2, 0.25) is 10.0 Å². The minimum absolute atomic E-state index is 0.00383. The largest absolute Gasteiger partial charge is 0.299 e. The van der Waals surface area contributed by atoms with Gasteiger partial charge in [0, 0.05) is 30.5 Å². The van der Waals surface area contributed by atoms with Gasteiger partial charge in [-0.3, -0.25) is 4.79 Å². The lowest BCUT2D eigenvalue weighted by molar-refractivity contribution is -0.125. The maximum Gasteiger partial charge on any atom is 0.244 e. The minimum atomic E-state index is -3.72. The second-order valence-corrected chi connectivity index (χ2v) is 7.51. The summed E-state index contributed by atoms with van der Waals surface area (Å²) in [5.41, 5.74) is 0. The van der Waals surface area contributed by atoms with Crippen molar-refractivity contribution in [1.82, 2.24) is 4.31 Å². The van der Waals surface area contributed by atoms with Crippen LogP contribution in [0.4, 0.5) is 0 Å². The number of piperidine rings is 1. The molecule has 110 valence electrons. The van der Waals surface area contributed by atoms with Gasteiger partial charge in [0.25, 0.3) is 0 Å². The van der Waals surface area contributed by atoms with Gasteiger partial charge in [0.15, 0.2) is 0 Å². The molecule has 1 atom stereocenters. The summed E-state index contributed by atoms with van der Waals surface area (Å²) in [6.07, 6.45) is 0.879. The van der Waals surface area contributed by atoms with E-state index < -0.39 is 10.0 Å². The first-order valence-corrected chi connectivity index (χ1v) is 8.53. The molecule has 4 nitrogen and oxygen atoms in total. The van der Waals surface area contributed by atoms with Crippen molar-refractivity contribution < 1.29 is 13.2 Å². The van der Waals surface area contributed by atoms with Crippen LogP contribution in [0.15, 0.2) is 23.1 Å². The first-order chi connectivity index (χ1) is 9.36. The van der Waals surface area contributed by atoms with E-state index in [1.165, 1.54) is 22.5 Å². The zero-order valence-corrected chi connectivity index (χ0v) is 13.3. The number of halogens is 2. The zero-order chi connectivity index (χ0) is 14.9. The summed E-state index contributed by atoms with van der Waals surface area (Å²) < 4.78 is 26.5. The van der Waals surface area contributed by atoms with E-state index in [-0.39, 0.29) is 41.1 Å². The van der Waals surface area contributed by atoms with Crippen molar-refractivity contribution in [3.05, 3.63) is 28.2 Å². The van der Waals surface area contributed by atoms with Gasteiger partial charge in [0.2, 0.25) is 10.0 Å². The molecular weight excluding hydrogens is 321 g/mol. The molecular formula is C13H15Cl2NO3S. The highest BCUT2D eigenvalue weighted by molar-refractivity contribution is 7.89. The maximum atomic E-state index is 12.6. The highest BCUT2D eigenvalue weighted by Gasteiger charge is 2.34. The van der Waals surface area contributed by atoms with Crippen molar-refractivity contribution in [2.24, 2.45) is 5.92 Å². The third-order valence-electron chi connectivity index (χ3n) is 3.49. The summed E-state index contributed by atoms with van der Waals surface area (Å²) in [6, 6.07) is 4.34. The Kier molecular flexibility index (Phi) is 4.74. The quantitative estimate of drug-likeness (QED) is 0.853. The van der Waals surface area contributed by atoms with Gasteiger partial charge >= 0.3 is 0 Å². The number of hydrogen-bond acceptors (Lipinski definition) is 3. The Morgan fingerprint density at radius 2 is 2.05 bits per heavy atom. The molecule has 0 radical (unpaired) electrons. The number of carbonyl (C=O) groups excluding carboxylic acids is 1. The summed E-state index contributed by atoms with van der Waals surface area (Å²) in [5, 5.41) is 0.451. The van der Waals surface area contributed by atoms with E-state index in [2.05, 4.69) is 0 Å². The van der Waals surface area contributed by atoms with E-state index in [9.17, 15) is 13.2 Å². The second-order valence-electron chi connectivity index (χ2n) is 4.76. The molecule has 0 saturated carbocycles. The van der Waals surface area contributed by atoms with Crippen molar-refractivity contribution in [1.29, 1.82) is 0 Å². The number of sulfonamides is 1. The molecule has 1 aromatic carbocycles. The number of nitrogens with zero attached hydrogens (tertiary/aromatic N) is 1. The molecule has 0 N–H and O–H groups in total. The fourth-order valence-electron chi connectivity index (χ4n) is 2.27. The van der Waals surface area contributed by atoms with Gasteiger partial charge in [0.1, 0.15) is 10.7 Å². The normalized spacial score (nSPS) is 21.1. The number of carbonyl (C=O) groups is 1. The number of hydrogen-bond donors (Lipinski definition) is 0. The Labute approximate surface area is 128 Å². The SMILES string of the molecule is CCC1CN(S(=O)(=O)c2cc(Cl)ccc2Cl)CCC1=O. The first-order valence-electron chi connectivity index (χ1n) is 6.34. The lowest BCUT2D eigenvalue weighted by atomic mass is 9.96. The van der Waals surface area contributed by atoms with Crippen molar-refractivity contribution in [2.75, 3.05) is 13.1 Å². The molecule has 1 heterocycles. The summed E-state index contributed by atoms with van der Waals surface area (Å²) >= 11 is 11.8. The van der Waals surface area contributed by atoms with Crippen molar-refractivity contribution in [2.45, 2.75) is 24.7 Å². The smallest absolute Gasteiger partial charge is 0.244 e. The van der Waals surface area contributed by atoms with Crippen LogP contribution in [0.3, 0.4) is 0 Å². The summed E-state index contributed by atoms with van der Waals surface area (Å²) in [5.74, 6) is -0.118. The molecule has 0 bridgehead atoms. The molecule has 0 aliphatic carbocycles. The first kappa shape index (κ1) is 15.8. The highest BCUT2D eigenvalue weighted by atomic mass is 35.5. The summed E-state index contributed by atoms with van der Waals surface area (Å²) in [6.45, 7) is 2.28. The Morgan fingerprint density at radius 1 is 1.35 bits per heavy atom. The topological polar surface area (TPSA) is 54.5 Å². The summed E-state index contributed by atoms with van der Waals surface area (Å²) in [4.78, 5) is 11.7. The van der Waals surface area contributed by atoms with Crippen LogP contribution in [-0.2, 0) is 14.8 Å². The third-order valence-corrected chi connectivity index (χ3v) is 6.07. The molecule has 1 fully saturated rings. The van der Waals surface area contributed by atoms with E-state index in [0.29, 0.717) is 11.4 Å². The molecule has 20 heavy (non-hydrogen) atoms. The predicted molar refractivity (Wildman–Crippen MR) is 78.6 cm³/mol. The number of ketones is 1. The van der Waals surface area contributed by atoms with Crippen molar-refractivity contribution in [3.8, 4) is 0 Å².